The molecule has 0 radical (unpaired) electrons. The smallest absolute Gasteiger partial charge is 0.141 e. The lowest BCUT2D eigenvalue weighted by molar-refractivity contribution is 0.387. The maximum absolute atomic E-state index is 4.17. The van der Waals surface area contributed by atoms with Crippen LogP contribution < -0.4 is 5.32 Å². The molecule has 0 spiro atoms. The molecular formula is C11H18N4. The molecule has 0 aliphatic carbocycles. The summed E-state index contributed by atoms with van der Waals surface area (Å²) >= 11 is 0. The zero-order chi connectivity index (χ0) is 10.5. The van der Waals surface area contributed by atoms with Crippen molar-refractivity contribution in [1.29, 1.82) is 0 Å². The van der Waals surface area contributed by atoms with Gasteiger partial charge in [-0.2, -0.15) is 0 Å². The quantitative estimate of drug-likeness (QED) is 0.779. The molecule has 0 saturated carbocycles. The van der Waals surface area contributed by atoms with Gasteiger partial charge in [-0.05, 0) is 38.5 Å². The summed E-state index contributed by atoms with van der Waals surface area (Å²) in [6.07, 6.45) is 4.87. The average molecular weight is 206 g/mol. The Bertz CT molecular complexity index is 288. The number of rotatable bonds is 4. The van der Waals surface area contributed by atoms with Crippen LogP contribution in [0.15, 0.2) is 18.5 Å². The van der Waals surface area contributed by atoms with Gasteiger partial charge in [0.2, 0.25) is 0 Å². The van der Waals surface area contributed by atoms with Crippen molar-refractivity contribution in [3.63, 3.8) is 0 Å². The third-order valence-electron chi connectivity index (χ3n) is 2.82. The molecule has 0 bridgehead atoms. The maximum Gasteiger partial charge on any atom is 0.141 e. The summed E-state index contributed by atoms with van der Waals surface area (Å²) in [5, 5.41) is 3.41. The predicted octanol–water partition coefficient (Wildman–Crippen LogP) is 0.518. The van der Waals surface area contributed by atoms with Crippen LogP contribution in [0.25, 0.3) is 0 Å². The van der Waals surface area contributed by atoms with Gasteiger partial charge in [-0.3, -0.25) is 0 Å². The standard InChI is InChI=1S/C11H18N4/c1-15-6-3-10(9-15)7-12-8-11-13-4-2-5-14-11/h2,4-5,10,12H,3,6-9H2,1H3. The second-order valence-corrected chi connectivity index (χ2v) is 4.21. The number of aromatic nitrogens is 2. The zero-order valence-corrected chi connectivity index (χ0v) is 9.19. The molecule has 82 valence electrons. The summed E-state index contributed by atoms with van der Waals surface area (Å²) in [4.78, 5) is 10.7. The van der Waals surface area contributed by atoms with Gasteiger partial charge in [0, 0.05) is 18.9 Å². The maximum atomic E-state index is 4.17. The van der Waals surface area contributed by atoms with E-state index in [9.17, 15) is 0 Å². The molecule has 0 amide bonds. The van der Waals surface area contributed by atoms with Crippen LogP contribution in [0.1, 0.15) is 12.2 Å². The van der Waals surface area contributed by atoms with E-state index in [1.54, 1.807) is 12.4 Å². The summed E-state index contributed by atoms with van der Waals surface area (Å²) in [6, 6.07) is 1.84. The lowest BCUT2D eigenvalue weighted by Gasteiger charge is -2.10. The fourth-order valence-electron chi connectivity index (χ4n) is 2.00. The molecule has 4 heteroatoms. The Balaban J connectivity index is 1.67. The largest absolute Gasteiger partial charge is 0.310 e. The molecule has 1 atom stereocenters. The van der Waals surface area contributed by atoms with Crippen molar-refractivity contribution in [3.05, 3.63) is 24.3 Å². The van der Waals surface area contributed by atoms with E-state index in [2.05, 4.69) is 27.2 Å². The molecule has 1 N–H and O–H groups in total. The number of nitrogens with zero attached hydrogens (tertiary/aromatic N) is 3. The zero-order valence-electron chi connectivity index (χ0n) is 9.19. The van der Waals surface area contributed by atoms with Crippen molar-refractivity contribution in [2.24, 2.45) is 5.92 Å². The predicted molar refractivity (Wildman–Crippen MR) is 59.3 cm³/mol. The summed E-state index contributed by atoms with van der Waals surface area (Å²) in [5.74, 6) is 1.67. The summed E-state index contributed by atoms with van der Waals surface area (Å²) in [7, 11) is 2.18. The minimum absolute atomic E-state index is 0.779. The highest BCUT2D eigenvalue weighted by molar-refractivity contribution is 4.88. The molecule has 1 aromatic heterocycles. The number of nitrogens with one attached hydrogen (secondary N) is 1. The van der Waals surface area contributed by atoms with Gasteiger partial charge in [-0.15, -0.1) is 0 Å². The minimum atomic E-state index is 0.779. The average Bonchev–Trinajstić information content (AvgIpc) is 2.66. The summed E-state index contributed by atoms with van der Waals surface area (Å²) in [6.45, 7) is 4.29. The van der Waals surface area contributed by atoms with Crippen molar-refractivity contribution in [2.45, 2.75) is 13.0 Å². The lowest BCUT2D eigenvalue weighted by atomic mass is 10.1. The Kier molecular flexibility index (Phi) is 3.64. The van der Waals surface area contributed by atoms with Crippen LogP contribution in [0.4, 0.5) is 0 Å². The second-order valence-electron chi connectivity index (χ2n) is 4.21. The van der Waals surface area contributed by atoms with Crippen LogP contribution in [0.5, 0.6) is 0 Å². The highest BCUT2D eigenvalue weighted by Gasteiger charge is 2.18. The fourth-order valence-corrected chi connectivity index (χ4v) is 2.00. The molecule has 1 aliphatic heterocycles. The van der Waals surface area contributed by atoms with E-state index in [-0.39, 0.29) is 0 Å². The highest BCUT2D eigenvalue weighted by Crippen LogP contribution is 2.12. The first-order valence-electron chi connectivity index (χ1n) is 5.50. The normalized spacial score (nSPS) is 22.1. The molecular weight excluding hydrogens is 188 g/mol. The van der Waals surface area contributed by atoms with Gasteiger partial charge >= 0.3 is 0 Å². The fraction of sp³-hybridized carbons (Fsp3) is 0.636. The number of hydrogen-bond donors (Lipinski definition) is 1. The van der Waals surface area contributed by atoms with Crippen LogP contribution >= 0.6 is 0 Å². The minimum Gasteiger partial charge on any atom is -0.310 e. The molecule has 2 rings (SSSR count). The van der Waals surface area contributed by atoms with Crippen LogP contribution in [0.2, 0.25) is 0 Å². The van der Waals surface area contributed by atoms with Crippen molar-refractivity contribution in [3.8, 4) is 0 Å². The second kappa shape index (κ2) is 5.19. The van der Waals surface area contributed by atoms with E-state index in [4.69, 9.17) is 0 Å². The first-order valence-corrected chi connectivity index (χ1v) is 5.50. The third kappa shape index (κ3) is 3.25. The molecule has 4 nitrogen and oxygen atoms in total. The van der Waals surface area contributed by atoms with Gasteiger partial charge in [-0.1, -0.05) is 0 Å². The molecule has 1 saturated heterocycles. The Hall–Kier alpha value is -1.00. The van der Waals surface area contributed by atoms with Gasteiger partial charge < -0.3 is 10.2 Å². The summed E-state index contributed by atoms with van der Waals surface area (Å²) < 4.78 is 0. The highest BCUT2D eigenvalue weighted by atomic mass is 15.1. The molecule has 1 fully saturated rings. The van der Waals surface area contributed by atoms with Gasteiger partial charge in [0.05, 0.1) is 6.54 Å². The Labute approximate surface area is 90.7 Å². The van der Waals surface area contributed by atoms with Crippen molar-refractivity contribution in [1.82, 2.24) is 20.2 Å². The van der Waals surface area contributed by atoms with Crippen LogP contribution in [-0.4, -0.2) is 41.5 Å². The monoisotopic (exact) mass is 206 g/mol. The van der Waals surface area contributed by atoms with Crippen molar-refractivity contribution >= 4 is 0 Å². The van der Waals surface area contributed by atoms with Gasteiger partial charge in [0.25, 0.3) is 0 Å². The molecule has 15 heavy (non-hydrogen) atoms. The van der Waals surface area contributed by atoms with Crippen molar-refractivity contribution < 1.29 is 0 Å². The van der Waals surface area contributed by atoms with Crippen LogP contribution in [0, 0.1) is 5.92 Å². The van der Waals surface area contributed by atoms with Gasteiger partial charge in [0.1, 0.15) is 5.82 Å². The van der Waals surface area contributed by atoms with E-state index in [0.717, 1.165) is 24.8 Å². The van der Waals surface area contributed by atoms with Crippen LogP contribution in [0.3, 0.4) is 0 Å². The summed E-state index contributed by atoms with van der Waals surface area (Å²) in [5.41, 5.74) is 0. The molecule has 1 unspecified atom stereocenters. The van der Waals surface area contributed by atoms with E-state index < -0.39 is 0 Å². The van der Waals surface area contributed by atoms with Gasteiger partial charge in [-0.25, -0.2) is 9.97 Å². The third-order valence-corrected chi connectivity index (χ3v) is 2.82. The molecule has 2 heterocycles. The van der Waals surface area contributed by atoms with Crippen LogP contribution in [-0.2, 0) is 6.54 Å². The number of likely N-dealkylation sites (tertiary alicyclic amines) is 1. The Morgan fingerprint density at radius 3 is 2.93 bits per heavy atom. The Morgan fingerprint density at radius 1 is 1.47 bits per heavy atom. The van der Waals surface area contributed by atoms with E-state index in [0.29, 0.717) is 0 Å². The van der Waals surface area contributed by atoms with E-state index in [1.807, 2.05) is 6.07 Å². The first-order chi connectivity index (χ1) is 7.34. The van der Waals surface area contributed by atoms with E-state index in [1.165, 1.54) is 19.5 Å². The topological polar surface area (TPSA) is 41.0 Å². The molecule has 1 aromatic rings. The Morgan fingerprint density at radius 2 is 2.27 bits per heavy atom. The first kappa shape index (κ1) is 10.5. The molecule has 0 aromatic carbocycles. The SMILES string of the molecule is CN1CCC(CNCc2ncccn2)C1. The number of hydrogen-bond acceptors (Lipinski definition) is 4. The van der Waals surface area contributed by atoms with Crippen molar-refractivity contribution in [2.75, 3.05) is 26.7 Å². The van der Waals surface area contributed by atoms with E-state index >= 15 is 0 Å². The molecule has 1 aliphatic rings. The lowest BCUT2D eigenvalue weighted by Crippen LogP contribution is -2.25. The van der Waals surface area contributed by atoms with Gasteiger partial charge in [0.15, 0.2) is 0 Å².